The van der Waals surface area contributed by atoms with E-state index in [1.165, 1.54) is 31.3 Å². The third-order valence-electron chi connectivity index (χ3n) is 2.51. The average molecular weight is 154 g/mol. The highest BCUT2D eigenvalue weighted by Gasteiger charge is 2.15. The van der Waals surface area contributed by atoms with E-state index in [0.29, 0.717) is 0 Å². The van der Waals surface area contributed by atoms with Crippen LogP contribution in [0.25, 0.3) is 0 Å². The standard InChI is InChI=1S/C9H18N2/c1-8-4-2-3-5-9(8)6-7-11-10/h9,11H,1-7,10H2/t9-/m0/s1. The number of nitrogens with two attached hydrogens (primary N) is 1. The van der Waals surface area contributed by atoms with Crippen molar-refractivity contribution in [1.29, 1.82) is 0 Å². The van der Waals surface area contributed by atoms with Crippen LogP contribution in [0.1, 0.15) is 32.1 Å². The lowest BCUT2D eigenvalue weighted by Crippen LogP contribution is -2.25. The number of hydrogen-bond acceptors (Lipinski definition) is 2. The number of hydrazine groups is 1. The zero-order chi connectivity index (χ0) is 8.10. The fraction of sp³-hybridized carbons (Fsp3) is 0.778. The summed E-state index contributed by atoms with van der Waals surface area (Å²) in [6, 6.07) is 0. The topological polar surface area (TPSA) is 38.0 Å². The van der Waals surface area contributed by atoms with Gasteiger partial charge in [-0.15, -0.1) is 0 Å². The first-order chi connectivity index (χ1) is 5.34. The molecule has 1 atom stereocenters. The molecule has 64 valence electrons. The molecule has 0 aromatic carbocycles. The molecule has 11 heavy (non-hydrogen) atoms. The van der Waals surface area contributed by atoms with E-state index in [2.05, 4.69) is 12.0 Å². The van der Waals surface area contributed by atoms with Gasteiger partial charge in [-0.1, -0.05) is 18.6 Å². The first kappa shape index (κ1) is 8.75. The van der Waals surface area contributed by atoms with Gasteiger partial charge in [-0.05, 0) is 31.6 Å². The lowest BCUT2D eigenvalue weighted by Gasteiger charge is -2.24. The van der Waals surface area contributed by atoms with Crippen LogP contribution < -0.4 is 11.3 Å². The predicted molar refractivity (Wildman–Crippen MR) is 47.9 cm³/mol. The Bertz CT molecular complexity index is 132. The predicted octanol–water partition coefficient (Wildman–Crippen LogP) is 1.59. The van der Waals surface area contributed by atoms with Gasteiger partial charge in [0.25, 0.3) is 0 Å². The van der Waals surface area contributed by atoms with Crippen molar-refractivity contribution in [3.05, 3.63) is 12.2 Å². The van der Waals surface area contributed by atoms with E-state index in [-0.39, 0.29) is 0 Å². The van der Waals surface area contributed by atoms with E-state index in [0.717, 1.165) is 18.9 Å². The Labute approximate surface area is 68.8 Å². The molecule has 3 N–H and O–H groups in total. The van der Waals surface area contributed by atoms with Crippen molar-refractivity contribution in [3.8, 4) is 0 Å². The van der Waals surface area contributed by atoms with E-state index in [1.54, 1.807) is 0 Å². The normalized spacial score (nSPS) is 25.5. The van der Waals surface area contributed by atoms with Gasteiger partial charge in [-0.25, -0.2) is 0 Å². The Morgan fingerprint density at radius 1 is 1.55 bits per heavy atom. The summed E-state index contributed by atoms with van der Waals surface area (Å²) in [5, 5.41) is 0. The molecule has 1 aliphatic rings. The van der Waals surface area contributed by atoms with Crippen molar-refractivity contribution in [2.24, 2.45) is 11.8 Å². The van der Waals surface area contributed by atoms with Crippen molar-refractivity contribution in [2.45, 2.75) is 32.1 Å². The Balaban J connectivity index is 2.24. The molecule has 0 radical (unpaired) electrons. The third-order valence-corrected chi connectivity index (χ3v) is 2.51. The van der Waals surface area contributed by atoms with Crippen LogP contribution >= 0.6 is 0 Å². The minimum Gasteiger partial charge on any atom is -0.271 e. The van der Waals surface area contributed by atoms with Crippen LogP contribution in [-0.4, -0.2) is 6.54 Å². The molecule has 1 saturated carbocycles. The second-order valence-electron chi connectivity index (χ2n) is 3.34. The van der Waals surface area contributed by atoms with Gasteiger partial charge in [0, 0.05) is 6.54 Å². The maximum absolute atomic E-state index is 5.21. The number of rotatable bonds is 3. The Morgan fingerprint density at radius 3 is 3.00 bits per heavy atom. The van der Waals surface area contributed by atoms with Crippen molar-refractivity contribution < 1.29 is 0 Å². The molecule has 1 rings (SSSR count). The molecule has 0 bridgehead atoms. The van der Waals surface area contributed by atoms with Crippen molar-refractivity contribution in [3.63, 3.8) is 0 Å². The average Bonchev–Trinajstić information content (AvgIpc) is 2.03. The molecular weight excluding hydrogens is 136 g/mol. The molecule has 2 heteroatoms. The van der Waals surface area contributed by atoms with Gasteiger partial charge in [0.15, 0.2) is 0 Å². The van der Waals surface area contributed by atoms with Crippen LogP contribution in [0, 0.1) is 5.92 Å². The van der Waals surface area contributed by atoms with E-state index in [4.69, 9.17) is 5.84 Å². The van der Waals surface area contributed by atoms with E-state index in [1.807, 2.05) is 0 Å². The molecule has 0 aromatic heterocycles. The molecule has 1 aliphatic carbocycles. The fourth-order valence-electron chi connectivity index (χ4n) is 1.76. The number of nitrogens with one attached hydrogen (secondary N) is 1. The lowest BCUT2D eigenvalue weighted by atomic mass is 9.83. The molecule has 0 spiro atoms. The molecule has 0 aliphatic heterocycles. The zero-order valence-electron chi connectivity index (χ0n) is 7.10. The summed E-state index contributed by atoms with van der Waals surface area (Å²) in [6.45, 7) is 5.00. The summed E-state index contributed by atoms with van der Waals surface area (Å²) in [7, 11) is 0. The highest BCUT2D eigenvalue weighted by atomic mass is 15.2. The fourth-order valence-corrected chi connectivity index (χ4v) is 1.76. The van der Waals surface area contributed by atoms with Crippen LogP contribution in [0.2, 0.25) is 0 Å². The zero-order valence-corrected chi connectivity index (χ0v) is 7.10. The third kappa shape index (κ3) is 2.64. The highest BCUT2D eigenvalue weighted by molar-refractivity contribution is 5.03. The largest absolute Gasteiger partial charge is 0.271 e. The van der Waals surface area contributed by atoms with E-state index < -0.39 is 0 Å². The second-order valence-corrected chi connectivity index (χ2v) is 3.34. The molecular formula is C9H18N2. The molecule has 0 heterocycles. The molecule has 0 aromatic rings. The molecule has 2 nitrogen and oxygen atoms in total. The first-order valence-electron chi connectivity index (χ1n) is 4.45. The summed E-state index contributed by atoms with van der Waals surface area (Å²) in [4.78, 5) is 0. The van der Waals surface area contributed by atoms with Gasteiger partial charge in [0.2, 0.25) is 0 Å². The SMILES string of the molecule is C=C1CCCC[C@H]1CCNN. The Kier molecular flexibility index (Phi) is 3.60. The first-order valence-corrected chi connectivity index (χ1v) is 4.45. The van der Waals surface area contributed by atoms with Crippen LogP contribution in [0.15, 0.2) is 12.2 Å². The van der Waals surface area contributed by atoms with E-state index in [9.17, 15) is 0 Å². The summed E-state index contributed by atoms with van der Waals surface area (Å²) >= 11 is 0. The molecule has 0 saturated heterocycles. The molecule has 0 unspecified atom stereocenters. The van der Waals surface area contributed by atoms with Gasteiger partial charge >= 0.3 is 0 Å². The summed E-state index contributed by atoms with van der Waals surface area (Å²) < 4.78 is 0. The Hall–Kier alpha value is -0.340. The maximum atomic E-state index is 5.21. The summed E-state index contributed by atoms with van der Waals surface area (Å²) in [5.74, 6) is 5.95. The van der Waals surface area contributed by atoms with Crippen LogP contribution in [0.4, 0.5) is 0 Å². The lowest BCUT2D eigenvalue weighted by molar-refractivity contribution is 0.421. The maximum Gasteiger partial charge on any atom is 0.0103 e. The number of hydrogen-bond donors (Lipinski definition) is 2. The smallest absolute Gasteiger partial charge is 0.0103 e. The van der Waals surface area contributed by atoms with Gasteiger partial charge in [0.05, 0.1) is 0 Å². The molecule has 1 fully saturated rings. The molecule has 0 amide bonds. The second kappa shape index (κ2) is 4.52. The van der Waals surface area contributed by atoms with Gasteiger partial charge in [-0.2, -0.15) is 0 Å². The van der Waals surface area contributed by atoms with Crippen LogP contribution in [0.3, 0.4) is 0 Å². The van der Waals surface area contributed by atoms with Crippen molar-refractivity contribution in [2.75, 3.05) is 6.54 Å². The van der Waals surface area contributed by atoms with Crippen molar-refractivity contribution >= 4 is 0 Å². The summed E-state index contributed by atoms with van der Waals surface area (Å²) in [6.07, 6.45) is 6.42. The van der Waals surface area contributed by atoms with Crippen LogP contribution in [-0.2, 0) is 0 Å². The van der Waals surface area contributed by atoms with Crippen molar-refractivity contribution in [1.82, 2.24) is 5.43 Å². The van der Waals surface area contributed by atoms with E-state index >= 15 is 0 Å². The van der Waals surface area contributed by atoms with Crippen LogP contribution in [0.5, 0.6) is 0 Å². The monoisotopic (exact) mass is 154 g/mol. The quantitative estimate of drug-likeness (QED) is 0.368. The van der Waals surface area contributed by atoms with Gasteiger partial charge < -0.3 is 0 Å². The highest BCUT2D eigenvalue weighted by Crippen LogP contribution is 2.29. The minimum absolute atomic E-state index is 0.736. The number of allylic oxidation sites excluding steroid dienone is 1. The minimum atomic E-state index is 0.736. The summed E-state index contributed by atoms with van der Waals surface area (Å²) in [5.41, 5.74) is 4.13. The van der Waals surface area contributed by atoms with Gasteiger partial charge in [0.1, 0.15) is 0 Å². The van der Waals surface area contributed by atoms with Gasteiger partial charge in [-0.3, -0.25) is 11.3 Å². The Morgan fingerprint density at radius 2 is 2.36 bits per heavy atom.